The number of hydrogen-bond donors (Lipinski definition) is 1. The molecule has 1 atom stereocenters. The highest BCUT2D eigenvalue weighted by atomic mass is 79.9. The first-order valence-corrected chi connectivity index (χ1v) is 6.55. The van der Waals surface area contributed by atoms with E-state index >= 15 is 0 Å². The van der Waals surface area contributed by atoms with E-state index in [9.17, 15) is 0 Å². The average Bonchev–Trinajstić information content (AvgIpc) is 2.63. The molecule has 5 heteroatoms. The van der Waals surface area contributed by atoms with Crippen molar-refractivity contribution in [2.45, 2.75) is 6.42 Å². The van der Waals surface area contributed by atoms with Crippen molar-refractivity contribution in [1.29, 1.82) is 0 Å². The molecular formula is C11H15BrClN3. The highest BCUT2D eigenvalue weighted by Gasteiger charge is 2.19. The van der Waals surface area contributed by atoms with E-state index in [1.807, 2.05) is 6.07 Å². The minimum Gasteiger partial charge on any atom is -0.369 e. The Hall–Kier alpha value is -0.320. The van der Waals surface area contributed by atoms with Crippen LogP contribution in [0.15, 0.2) is 16.7 Å². The quantitative estimate of drug-likeness (QED) is 0.931. The summed E-state index contributed by atoms with van der Waals surface area (Å²) in [6.07, 6.45) is 3.01. The van der Waals surface area contributed by atoms with Crippen molar-refractivity contribution in [3.63, 3.8) is 0 Å². The van der Waals surface area contributed by atoms with Gasteiger partial charge in [-0.2, -0.15) is 0 Å². The summed E-state index contributed by atoms with van der Waals surface area (Å²) in [5.41, 5.74) is 0. The maximum absolute atomic E-state index is 6.08. The Labute approximate surface area is 109 Å². The standard InChI is InChI=1S/C11H15BrClN3/c1-16-3-2-8(7-16)5-14-11-10(13)4-9(12)6-15-11/h4,6,8H,2-3,5,7H2,1H3,(H,14,15). The number of rotatable bonds is 3. The fourth-order valence-corrected chi connectivity index (χ4v) is 2.67. The van der Waals surface area contributed by atoms with Crippen LogP contribution in [0, 0.1) is 5.92 Å². The van der Waals surface area contributed by atoms with E-state index in [4.69, 9.17) is 11.6 Å². The number of likely N-dealkylation sites (tertiary alicyclic amines) is 1. The molecule has 0 radical (unpaired) electrons. The van der Waals surface area contributed by atoms with Crippen molar-refractivity contribution in [2.24, 2.45) is 5.92 Å². The summed E-state index contributed by atoms with van der Waals surface area (Å²) in [7, 11) is 2.16. The van der Waals surface area contributed by atoms with Gasteiger partial charge in [-0.05, 0) is 47.9 Å². The van der Waals surface area contributed by atoms with E-state index in [0.717, 1.165) is 23.4 Å². The fourth-order valence-electron chi connectivity index (χ4n) is 1.98. The van der Waals surface area contributed by atoms with Gasteiger partial charge in [0.25, 0.3) is 0 Å². The summed E-state index contributed by atoms with van der Waals surface area (Å²) in [5, 5.41) is 3.98. The second-order valence-corrected chi connectivity index (χ2v) is 5.60. The molecule has 0 aromatic carbocycles. The molecule has 0 aliphatic carbocycles. The molecular weight excluding hydrogens is 289 g/mol. The third kappa shape index (κ3) is 3.09. The highest BCUT2D eigenvalue weighted by molar-refractivity contribution is 9.10. The molecule has 0 amide bonds. The van der Waals surface area contributed by atoms with Crippen LogP contribution < -0.4 is 5.32 Å². The topological polar surface area (TPSA) is 28.2 Å². The van der Waals surface area contributed by atoms with Crippen molar-refractivity contribution in [3.05, 3.63) is 21.8 Å². The van der Waals surface area contributed by atoms with E-state index in [0.29, 0.717) is 10.9 Å². The fraction of sp³-hybridized carbons (Fsp3) is 0.545. The van der Waals surface area contributed by atoms with Crippen LogP contribution in [-0.4, -0.2) is 36.6 Å². The molecule has 2 rings (SSSR count). The van der Waals surface area contributed by atoms with E-state index < -0.39 is 0 Å². The molecule has 1 unspecified atom stereocenters. The maximum Gasteiger partial charge on any atom is 0.144 e. The van der Waals surface area contributed by atoms with Gasteiger partial charge in [-0.15, -0.1) is 0 Å². The second-order valence-electron chi connectivity index (χ2n) is 4.28. The third-order valence-electron chi connectivity index (χ3n) is 2.85. The summed E-state index contributed by atoms with van der Waals surface area (Å²) in [6, 6.07) is 1.86. The van der Waals surface area contributed by atoms with Crippen LogP contribution in [0.4, 0.5) is 5.82 Å². The number of anilines is 1. The molecule has 1 N–H and O–H groups in total. The van der Waals surface area contributed by atoms with E-state index in [-0.39, 0.29) is 0 Å². The first-order valence-electron chi connectivity index (χ1n) is 5.38. The normalized spacial score (nSPS) is 21.3. The van der Waals surface area contributed by atoms with E-state index in [2.05, 4.69) is 38.2 Å². The molecule has 1 aromatic heterocycles. The third-order valence-corrected chi connectivity index (χ3v) is 3.58. The van der Waals surface area contributed by atoms with E-state index in [1.165, 1.54) is 13.0 Å². The largest absolute Gasteiger partial charge is 0.369 e. The van der Waals surface area contributed by atoms with Crippen LogP contribution >= 0.6 is 27.5 Å². The van der Waals surface area contributed by atoms with Crippen molar-refractivity contribution in [1.82, 2.24) is 9.88 Å². The molecule has 16 heavy (non-hydrogen) atoms. The summed E-state index contributed by atoms with van der Waals surface area (Å²) >= 11 is 9.42. The Kier molecular flexibility index (Phi) is 4.05. The van der Waals surface area contributed by atoms with Gasteiger partial charge in [0, 0.05) is 23.8 Å². The number of nitrogens with zero attached hydrogens (tertiary/aromatic N) is 2. The van der Waals surface area contributed by atoms with Crippen LogP contribution in [0.2, 0.25) is 5.02 Å². The number of hydrogen-bond acceptors (Lipinski definition) is 3. The number of aromatic nitrogens is 1. The minimum absolute atomic E-state index is 0.667. The van der Waals surface area contributed by atoms with Crippen LogP contribution in [-0.2, 0) is 0 Å². The minimum atomic E-state index is 0.667. The lowest BCUT2D eigenvalue weighted by molar-refractivity contribution is 0.399. The molecule has 88 valence electrons. The van der Waals surface area contributed by atoms with Crippen molar-refractivity contribution >= 4 is 33.3 Å². The Morgan fingerprint density at radius 2 is 2.50 bits per heavy atom. The zero-order chi connectivity index (χ0) is 11.5. The first kappa shape index (κ1) is 12.1. The number of nitrogens with one attached hydrogen (secondary N) is 1. The molecule has 1 fully saturated rings. The SMILES string of the molecule is CN1CCC(CNc2ncc(Br)cc2Cl)C1. The summed E-state index contributed by atoms with van der Waals surface area (Å²) in [5.74, 6) is 1.48. The van der Waals surface area contributed by atoms with Gasteiger partial charge >= 0.3 is 0 Å². The molecule has 1 aromatic rings. The van der Waals surface area contributed by atoms with Gasteiger partial charge in [-0.25, -0.2) is 4.98 Å². The molecule has 2 heterocycles. The highest BCUT2D eigenvalue weighted by Crippen LogP contribution is 2.23. The van der Waals surface area contributed by atoms with Gasteiger partial charge in [-0.1, -0.05) is 11.6 Å². The Morgan fingerprint density at radius 1 is 1.69 bits per heavy atom. The smallest absolute Gasteiger partial charge is 0.144 e. The second kappa shape index (κ2) is 5.34. The van der Waals surface area contributed by atoms with Gasteiger partial charge in [0.05, 0.1) is 5.02 Å². The molecule has 1 saturated heterocycles. The lowest BCUT2D eigenvalue weighted by atomic mass is 10.1. The molecule has 1 aliphatic rings. The van der Waals surface area contributed by atoms with Gasteiger partial charge in [0.1, 0.15) is 5.82 Å². The molecule has 0 bridgehead atoms. The first-order chi connectivity index (χ1) is 7.65. The van der Waals surface area contributed by atoms with Crippen LogP contribution in [0.3, 0.4) is 0 Å². The van der Waals surface area contributed by atoms with Crippen LogP contribution in [0.25, 0.3) is 0 Å². The van der Waals surface area contributed by atoms with Gasteiger partial charge in [0.2, 0.25) is 0 Å². The average molecular weight is 305 g/mol. The maximum atomic E-state index is 6.08. The Balaban J connectivity index is 1.89. The molecule has 0 saturated carbocycles. The van der Waals surface area contributed by atoms with Crippen LogP contribution in [0.1, 0.15) is 6.42 Å². The zero-order valence-corrected chi connectivity index (χ0v) is 11.6. The van der Waals surface area contributed by atoms with E-state index in [1.54, 1.807) is 6.20 Å². The van der Waals surface area contributed by atoms with Crippen molar-refractivity contribution in [3.8, 4) is 0 Å². The molecule has 0 spiro atoms. The zero-order valence-electron chi connectivity index (χ0n) is 9.21. The lowest BCUT2D eigenvalue weighted by Crippen LogP contribution is -2.19. The van der Waals surface area contributed by atoms with Crippen molar-refractivity contribution in [2.75, 3.05) is 32.0 Å². The predicted molar refractivity (Wildman–Crippen MR) is 71.0 cm³/mol. The molecule has 3 nitrogen and oxygen atoms in total. The van der Waals surface area contributed by atoms with Gasteiger partial charge < -0.3 is 10.2 Å². The van der Waals surface area contributed by atoms with Crippen molar-refractivity contribution < 1.29 is 0 Å². The van der Waals surface area contributed by atoms with Gasteiger partial charge in [0.15, 0.2) is 0 Å². The summed E-state index contributed by atoms with van der Waals surface area (Å²) in [6.45, 7) is 3.29. The summed E-state index contributed by atoms with van der Waals surface area (Å²) < 4.78 is 0.906. The van der Waals surface area contributed by atoms with Gasteiger partial charge in [-0.3, -0.25) is 0 Å². The lowest BCUT2D eigenvalue weighted by Gasteiger charge is -2.12. The molecule has 1 aliphatic heterocycles. The predicted octanol–water partition coefficient (Wildman–Crippen LogP) is 2.86. The number of pyridine rings is 1. The Bertz CT molecular complexity index is 372. The number of halogens is 2. The summed E-state index contributed by atoms with van der Waals surface area (Å²) in [4.78, 5) is 6.60. The monoisotopic (exact) mass is 303 g/mol. The Morgan fingerprint density at radius 3 is 3.12 bits per heavy atom. The van der Waals surface area contributed by atoms with Crippen LogP contribution in [0.5, 0.6) is 0 Å².